The van der Waals surface area contributed by atoms with Gasteiger partial charge >= 0.3 is 0 Å². The number of nitrogens with zero attached hydrogens (tertiary/aromatic N) is 4. The van der Waals surface area contributed by atoms with Crippen molar-refractivity contribution in [2.24, 2.45) is 5.92 Å². The van der Waals surface area contributed by atoms with Crippen molar-refractivity contribution >= 4 is 28.2 Å². The van der Waals surface area contributed by atoms with Crippen molar-refractivity contribution < 1.29 is 9.18 Å². The number of benzene rings is 2. The predicted molar refractivity (Wildman–Crippen MR) is 124 cm³/mol. The number of piperidine rings is 1. The second-order valence-electron chi connectivity index (χ2n) is 8.13. The molecular weight excluding hydrogens is 405 g/mol. The minimum atomic E-state index is -0.268. The van der Waals surface area contributed by atoms with Crippen molar-refractivity contribution in [3.8, 4) is 5.69 Å². The van der Waals surface area contributed by atoms with Gasteiger partial charge in [0.05, 0.1) is 5.52 Å². The summed E-state index contributed by atoms with van der Waals surface area (Å²) >= 11 is 0. The van der Waals surface area contributed by atoms with Crippen molar-refractivity contribution in [1.29, 1.82) is 0 Å². The molecule has 1 N–H and O–H groups in total. The van der Waals surface area contributed by atoms with Gasteiger partial charge in [-0.1, -0.05) is 0 Å². The molecule has 0 spiro atoms. The highest BCUT2D eigenvalue weighted by Crippen LogP contribution is 2.30. The summed E-state index contributed by atoms with van der Waals surface area (Å²) in [6, 6.07) is 14.4. The van der Waals surface area contributed by atoms with E-state index < -0.39 is 0 Å². The van der Waals surface area contributed by atoms with Crippen molar-refractivity contribution in [2.45, 2.75) is 19.8 Å². The number of imidazole rings is 1. The number of fused-ring (bicyclic) bond motifs is 1. The summed E-state index contributed by atoms with van der Waals surface area (Å²) in [6.07, 6.45) is 6.93. The van der Waals surface area contributed by atoms with Crippen LogP contribution in [-0.4, -0.2) is 33.5 Å². The van der Waals surface area contributed by atoms with Crippen LogP contribution < -0.4 is 10.2 Å². The van der Waals surface area contributed by atoms with E-state index in [-0.39, 0.29) is 17.6 Å². The largest absolute Gasteiger partial charge is 0.371 e. The van der Waals surface area contributed by atoms with Gasteiger partial charge in [0.2, 0.25) is 5.91 Å². The van der Waals surface area contributed by atoms with Gasteiger partial charge in [-0.25, -0.2) is 9.37 Å². The number of aromatic nitrogens is 3. The number of hydrogen-bond acceptors (Lipinski definition) is 4. The lowest BCUT2D eigenvalue weighted by atomic mass is 9.95. The van der Waals surface area contributed by atoms with E-state index in [0.29, 0.717) is 0 Å². The Morgan fingerprint density at radius 1 is 1.03 bits per heavy atom. The van der Waals surface area contributed by atoms with Crippen LogP contribution in [0.2, 0.25) is 0 Å². The highest BCUT2D eigenvalue weighted by molar-refractivity contribution is 5.94. The molecule has 2 aromatic heterocycles. The molecule has 2 aromatic carbocycles. The summed E-state index contributed by atoms with van der Waals surface area (Å²) in [5, 5.41) is 3.86. The lowest BCUT2D eigenvalue weighted by Gasteiger charge is -2.33. The van der Waals surface area contributed by atoms with Crippen molar-refractivity contribution in [2.75, 3.05) is 23.3 Å². The quantitative estimate of drug-likeness (QED) is 0.510. The van der Waals surface area contributed by atoms with Crippen LogP contribution in [0, 0.1) is 18.7 Å². The number of hydrogen-bond donors (Lipinski definition) is 1. The maximum atomic E-state index is 13.8. The molecule has 0 bridgehead atoms. The van der Waals surface area contributed by atoms with Gasteiger partial charge in [-0.15, -0.1) is 0 Å². The Morgan fingerprint density at radius 2 is 1.81 bits per heavy atom. The molecule has 162 valence electrons. The number of nitrogens with one attached hydrogen (secondary N) is 1. The average molecular weight is 429 g/mol. The van der Waals surface area contributed by atoms with Gasteiger partial charge in [0.25, 0.3) is 0 Å². The fourth-order valence-corrected chi connectivity index (χ4v) is 4.36. The number of aryl methyl sites for hydroxylation is 1. The van der Waals surface area contributed by atoms with Gasteiger partial charge in [-0.05, 0) is 68.3 Å². The van der Waals surface area contributed by atoms with E-state index in [1.807, 2.05) is 48.0 Å². The molecule has 5 rings (SSSR count). The second kappa shape index (κ2) is 8.42. The highest BCUT2D eigenvalue weighted by atomic mass is 19.1. The molecule has 0 unspecified atom stereocenters. The van der Waals surface area contributed by atoms with Crippen molar-refractivity contribution in [3.63, 3.8) is 0 Å². The number of rotatable bonds is 4. The van der Waals surface area contributed by atoms with E-state index in [1.165, 1.54) is 12.1 Å². The maximum Gasteiger partial charge on any atom is 0.227 e. The van der Waals surface area contributed by atoms with Crippen LogP contribution >= 0.6 is 0 Å². The summed E-state index contributed by atoms with van der Waals surface area (Å²) in [6.45, 7) is 3.44. The number of amides is 1. The Bertz CT molecular complexity index is 1260. The van der Waals surface area contributed by atoms with Crippen molar-refractivity contribution in [3.05, 3.63) is 78.8 Å². The molecule has 7 heteroatoms. The first-order valence-electron chi connectivity index (χ1n) is 10.8. The Labute approximate surface area is 185 Å². The van der Waals surface area contributed by atoms with Crippen LogP contribution in [0.4, 0.5) is 15.8 Å². The average Bonchev–Trinajstić information content (AvgIpc) is 3.25. The molecule has 0 atom stereocenters. The lowest BCUT2D eigenvalue weighted by molar-refractivity contribution is -0.120. The second-order valence-corrected chi connectivity index (χ2v) is 8.13. The zero-order valence-electron chi connectivity index (χ0n) is 17.8. The third kappa shape index (κ3) is 3.93. The van der Waals surface area contributed by atoms with Crippen LogP contribution in [0.3, 0.4) is 0 Å². The first-order valence-corrected chi connectivity index (χ1v) is 10.8. The molecule has 0 saturated carbocycles. The Morgan fingerprint density at radius 3 is 2.53 bits per heavy atom. The summed E-state index contributed by atoms with van der Waals surface area (Å²) < 4.78 is 15.8. The molecular formula is C25H24FN5O. The van der Waals surface area contributed by atoms with Gasteiger partial charge in [0, 0.05) is 60.0 Å². The minimum Gasteiger partial charge on any atom is -0.371 e. The first-order chi connectivity index (χ1) is 15.6. The van der Waals surface area contributed by atoms with E-state index in [2.05, 4.69) is 20.2 Å². The monoisotopic (exact) mass is 429 g/mol. The molecule has 1 amide bonds. The van der Waals surface area contributed by atoms with E-state index in [4.69, 9.17) is 0 Å². The van der Waals surface area contributed by atoms with Gasteiger partial charge in [-0.2, -0.15) is 0 Å². The zero-order chi connectivity index (χ0) is 22.1. The summed E-state index contributed by atoms with van der Waals surface area (Å²) in [5.41, 5.74) is 3.54. The molecule has 0 radical (unpaired) electrons. The number of carbonyl (C=O) groups excluding carboxylic acids is 1. The van der Waals surface area contributed by atoms with Crippen molar-refractivity contribution in [1.82, 2.24) is 14.5 Å². The molecule has 0 aliphatic carbocycles. The molecule has 4 aromatic rings. The van der Waals surface area contributed by atoms with Crippen LogP contribution in [-0.2, 0) is 4.79 Å². The first kappa shape index (κ1) is 20.2. The number of carbonyl (C=O) groups is 1. The zero-order valence-corrected chi connectivity index (χ0v) is 17.8. The van der Waals surface area contributed by atoms with Gasteiger partial charge in [0.1, 0.15) is 11.6 Å². The molecule has 1 aliphatic heterocycles. The van der Waals surface area contributed by atoms with Crippen LogP contribution in [0.1, 0.15) is 18.7 Å². The Balaban J connectivity index is 1.23. The number of pyridine rings is 1. The van der Waals surface area contributed by atoms with Gasteiger partial charge < -0.3 is 14.8 Å². The molecule has 6 nitrogen and oxygen atoms in total. The molecule has 1 fully saturated rings. The molecule has 1 aliphatic rings. The number of anilines is 2. The fraction of sp³-hybridized carbons (Fsp3) is 0.240. The standard InChI is InChI=1S/C25H24FN5O/c1-17-27-12-15-31(17)21-5-3-20(4-6-21)29-25(32)18-9-13-30(14-10-18)24-8-11-28-23-7-2-19(26)16-22(23)24/h2-8,11-12,15-16,18H,9-10,13-14H2,1H3,(H,29,32). The van der Waals surface area contributed by atoms with Gasteiger partial charge in [-0.3, -0.25) is 9.78 Å². The van der Waals surface area contributed by atoms with Crippen LogP contribution in [0.5, 0.6) is 0 Å². The third-order valence-electron chi connectivity index (χ3n) is 6.13. The fourth-order valence-electron chi connectivity index (χ4n) is 4.36. The predicted octanol–water partition coefficient (Wildman–Crippen LogP) is 4.72. The van der Waals surface area contributed by atoms with E-state index in [9.17, 15) is 9.18 Å². The highest BCUT2D eigenvalue weighted by Gasteiger charge is 2.26. The molecule has 3 heterocycles. The molecule has 32 heavy (non-hydrogen) atoms. The van der Waals surface area contributed by atoms with Crippen LogP contribution in [0.25, 0.3) is 16.6 Å². The van der Waals surface area contributed by atoms with E-state index in [0.717, 1.165) is 59.7 Å². The lowest BCUT2D eigenvalue weighted by Crippen LogP contribution is -2.38. The topological polar surface area (TPSA) is 63.1 Å². The van der Waals surface area contributed by atoms with Gasteiger partial charge in [0.15, 0.2) is 0 Å². The Kier molecular flexibility index (Phi) is 5.31. The summed E-state index contributed by atoms with van der Waals surface area (Å²) in [7, 11) is 0. The van der Waals surface area contributed by atoms with E-state index in [1.54, 1.807) is 18.5 Å². The van der Waals surface area contributed by atoms with E-state index >= 15 is 0 Å². The smallest absolute Gasteiger partial charge is 0.227 e. The molecule has 1 saturated heterocycles. The summed E-state index contributed by atoms with van der Waals surface area (Å²) in [5.74, 6) is 0.641. The normalized spacial score (nSPS) is 14.6. The minimum absolute atomic E-state index is 0.0434. The SMILES string of the molecule is Cc1nccn1-c1ccc(NC(=O)C2CCN(c3ccnc4ccc(F)cc34)CC2)cc1. The summed E-state index contributed by atoms with van der Waals surface area (Å²) in [4.78, 5) is 23.6. The third-order valence-corrected chi connectivity index (χ3v) is 6.13. The maximum absolute atomic E-state index is 13.8. The Hall–Kier alpha value is -3.74. The van der Waals surface area contributed by atoms with Crippen LogP contribution in [0.15, 0.2) is 67.1 Å². The number of halogens is 1.